The van der Waals surface area contributed by atoms with Gasteiger partial charge in [-0.25, -0.2) is 19.3 Å². The van der Waals surface area contributed by atoms with Gasteiger partial charge < -0.3 is 9.47 Å². The number of hydrazine groups is 1. The second kappa shape index (κ2) is 7.99. The average Bonchev–Trinajstić information content (AvgIpc) is 3.19. The van der Waals surface area contributed by atoms with Crippen LogP contribution in [0.5, 0.6) is 11.5 Å². The highest BCUT2D eigenvalue weighted by Gasteiger charge is 2.41. The van der Waals surface area contributed by atoms with Gasteiger partial charge in [-0.3, -0.25) is 8.37 Å². The minimum absolute atomic E-state index is 0.161. The Kier molecular flexibility index (Phi) is 5.82. The fourth-order valence-electron chi connectivity index (χ4n) is 3.46. The van der Waals surface area contributed by atoms with Crippen LogP contribution in [-0.4, -0.2) is 45.7 Å². The summed E-state index contributed by atoms with van der Waals surface area (Å²) in [5, 5.41) is 0. The maximum absolute atomic E-state index is 13.6. The zero-order valence-electron chi connectivity index (χ0n) is 17.8. The zero-order valence-corrected chi connectivity index (χ0v) is 20.2. The first-order chi connectivity index (χ1) is 15.3. The Balaban J connectivity index is 2.06. The van der Waals surface area contributed by atoms with Crippen molar-refractivity contribution < 1.29 is 43.1 Å². The lowest BCUT2D eigenvalue weighted by molar-refractivity contribution is 0.0454. The predicted octanol–water partition coefficient (Wildman–Crippen LogP) is 1.07. The molecule has 2 heterocycles. The molecule has 0 spiro atoms. The molecule has 0 amide bonds. The summed E-state index contributed by atoms with van der Waals surface area (Å²) in [7, 11) is -11.5. The van der Waals surface area contributed by atoms with Gasteiger partial charge in [0.15, 0.2) is 11.5 Å². The van der Waals surface area contributed by atoms with Crippen molar-refractivity contribution in [2.24, 2.45) is 0 Å². The molecule has 180 valence electrons. The number of aryl methyl sites for hydroxylation is 1. The van der Waals surface area contributed by atoms with Gasteiger partial charge in [0.25, 0.3) is 10.1 Å². The lowest BCUT2D eigenvalue weighted by Crippen LogP contribution is -2.29. The molecule has 2 aromatic rings. The smallest absolute Gasteiger partial charge is 0.300 e. The molecular formula is C18H20N2O10S3. The third kappa shape index (κ3) is 3.93. The van der Waals surface area contributed by atoms with Crippen molar-refractivity contribution in [1.29, 1.82) is 0 Å². The lowest BCUT2D eigenvalue weighted by Gasteiger charge is -2.25. The fraction of sp³-hybridized carbons (Fsp3) is 0.333. The van der Waals surface area contributed by atoms with Gasteiger partial charge in [0.1, 0.15) is 32.0 Å². The number of fused-ring (bicyclic) bond motifs is 2. The van der Waals surface area contributed by atoms with Crippen LogP contribution in [0.2, 0.25) is 0 Å². The van der Waals surface area contributed by atoms with Crippen molar-refractivity contribution in [3.63, 3.8) is 0 Å². The molecule has 15 heteroatoms. The van der Waals surface area contributed by atoms with Gasteiger partial charge in [0, 0.05) is 0 Å². The van der Waals surface area contributed by atoms with Crippen LogP contribution in [0.1, 0.15) is 24.3 Å². The molecule has 33 heavy (non-hydrogen) atoms. The summed E-state index contributed by atoms with van der Waals surface area (Å²) in [6.07, 6.45) is -1.32. The van der Waals surface area contributed by atoms with Gasteiger partial charge in [-0.05, 0) is 49.2 Å². The molecule has 2 aromatic carbocycles. The molecule has 12 nitrogen and oxygen atoms in total. The minimum atomic E-state index is -4.49. The summed E-state index contributed by atoms with van der Waals surface area (Å²) < 4.78 is 97.9. The molecule has 1 saturated heterocycles. The summed E-state index contributed by atoms with van der Waals surface area (Å²) in [4.78, 5) is -2.11. The molecule has 2 N–H and O–H groups in total. The molecule has 0 radical (unpaired) electrons. The van der Waals surface area contributed by atoms with E-state index in [0.717, 1.165) is 20.3 Å². The third-order valence-corrected chi connectivity index (χ3v) is 9.36. The van der Waals surface area contributed by atoms with Gasteiger partial charge >= 0.3 is 10.1 Å². The number of benzene rings is 2. The second-order valence-corrected chi connectivity index (χ2v) is 12.5. The highest BCUT2D eigenvalue weighted by atomic mass is 32.2. The number of sulfone groups is 1. The van der Waals surface area contributed by atoms with E-state index in [1.54, 1.807) is 6.92 Å². The molecule has 2 atom stereocenters. The van der Waals surface area contributed by atoms with E-state index < -0.39 is 73.6 Å². The maximum Gasteiger partial charge on any atom is 0.300 e. The standard InChI is InChI=1S/C18H20N2O10S3/c1-9-5-12-16(14(6-9)32(23,24)27-3)30-17-13(31(12,21)22)7-11(18-20-19-10(2)29-18)8-15(17)33(25,26)28-4/h5-8,10,18-20H,1-4H3. The van der Waals surface area contributed by atoms with E-state index in [9.17, 15) is 25.3 Å². The van der Waals surface area contributed by atoms with Gasteiger partial charge in [-0.1, -0.05) is 0 Å². The number of nitrogens with one attached hydrogen (secondary N) is 2. The van der Waals surface area contributed by atoms with Crippen molar-refractivity contribution in [2.75, 3.05) is 14.2 Å². The van der Waals surface area contributed by atoms with Crippen LogP contribution in [0.15, 0.2) is 43.8 Å². The molecule has 0 aromatic heterocycles. The van der Waals surface area contributed by atoms with Crippen LogP contribution in [-0.2, 0) is 43.2 Å². The van der Waals surface area contributed by atoms with E-state index in [4.69, 9.17) is 9.47 Å². The number of hydrogen-bond acceptors (Lipinski definition) is 12. The normalized spacial score (nSPS) is 21.8. The summed E-state index contributed by atoms with van der Waals surface area (Å²) in [6, 6.07) is 4.73. The monoisotopic (exact) mass is 520 g/mol. The summed E-state index contributed by atoms with van der Waals surface area (Å²) >= 11 is 0. The molecule has 0 saturated carbocycles. The highest BCUT2D eigenvalue weighted by molar-refractivity contribution is 7.92. The molecule has 2 aliphatic rings. The Morgan fingerprint density at radius 2 is 1.42 bits per heavy atom. The van der Waals surface area contributed by atoms with Gasteiger partial charge in [-0.2, -0.15) is 16.8 Å². The van der Waals surface area contributed by atoms with E-state index in [2.05, 4.69) is 19.2 Å². The first-order valence-corrected chi connectivity index (χ1v) is 13.6. The molecule has 2 unspecified atom stereocenters. The molecule has 0 bridgehead atoms. The maximum atomic E-state index is 13.6. The fourth-order valence-corrected chi connectivity index (χ4v) is 6.97. The summed E-state index contributed by atoms with van der Waals surface area (Å²) in [6.45, 7) is 3.19. The second-order valence-electron chi connectivity index (χ2n) is 7.23. The van der Waals surface area contributed by atoms with E-state index in [0.29, 0.717) is 5.56 Å². The molecule has 1 fully saturated rings. The average molecular weight is 521 g/mol. The first-order valence-electron chi connectivity index (χ1n) is 9.35. The SMILES string of the molecule is COS(=O)(=O)c1cc(C)cc2c1Oc1c(S(=O)(=O)OC)cc(C3NNC(C)O3)cc1S2(=O)=O. The van der Waals surface area contributed by atoms with E-state index in [1.165, 1.54) is 25.1 Å². The van der Waals surface area contributed by atoms with Crippen LogP contribution < -0.4 is 15.6 Å². The Bertz CT molecular complexity index is 1470. The minimum Gasteiger partial charge on any atom is -0.452 e. The van der Waals surface area contributed by atoms with Crippen LogP contribution in [0.4, 0.5) is 0 Å². The lowest BCUT2D eigenvalue weighted by atomic mass is 10.2. The Morgan fingerprint density at radius 3 is 1.94 bits per heavy atom. The van der Waals surface area contributed by atoms with Crippen molar-refractivity contribution in [3.8, 4) is 11.5 Å². The van der Waals surface area contributed by atoms with Crippen molar-refractivity contribution in [1.82, 2.24) is 10.9 Å². The van der Waals surface area contributed by atoms with Crippen molar-refractivity contribution in [2.45, 2.75) is 45.9 Å². The third-order valence-electron chi connectivity index (χ3n) is 5.03. The Hall–Kier alpha value is -2.11. The predicted molar refractivity (Wildman–Crippen MR) is 111 cm³/mol. The molecule has 4 rings (SSSR count). The van der Waals surface area contributed by atoms with Gasteiger partial charge in [0.05, 0.1) is 14.2 Å². The van der Waals surface area contributed by atoms with E-state index in [-0.39, 0.29) is 5.56 Å². The van der Waals surface area contributed by atoms with Crippen molar-refractivity contribution >= 4 is 30.1 Å². The van der Waals surface area contributed by atoms with Crippen LogP contribution in [0.25, 0.3) is 0 Å². The number of rotatable bonds is 5. The topological polar surface area (TPSA) is 163 Å². The van der Waals surface area contributed by atoms with E-state index >= 15 is 0 Å². The Labute approximate surface area is 190 Å². The van der Waals surface area contributed by atoms with Crippen molar-refractivity contribution in [3.05, 3.63) is 35.4 Å². The quantitative estimate of drug-likeness (QED) is 0.461. The van der Waals surface area contributed by atoms with Crippen LogP contribution in [0.3, 0.4) is 0 Å². The number of ether oxygens (including phenoxy) is 2. The molecule has 0 aliphatic carbocycles. The van der Waals surface area contributed by atoms with Crippen LogP contribution in [0, 0.1) is 6.92 Å². The zero-order chi connectivity index (χ0) is 24.3. The van der Waals surface area contributed by atoms with Gasteiger partial charge in [-0.15, -0.1) is 0 Å². The van der Waals surface area contributed by atoms with Gasteiger partial charge in [0.2, 0.25) is 9.84 Å². The number of hydrogen-bond donors (Lipinski definition) is 2. The highest BCUT2D eigenvalue weighted by Crippen LogP contribution is 2.50. The summed E-state index contributed by atoms with van der Waals surface area (Å²) in [5.41, 5.74) is 6.03. The van der Waals surface area contributed by atoms with E-state index in [1.807, 2.05) is 0 Å². The molecular weight excluding hydrogens is 500 g/mol. The largest absolute Gasteiger partial charge is 0.452 e. The Morgan fingerprint density at radius 1 is 0.879 bits per heavy atom. The first kappa shape index (κ1) is 24.0. The van der Waals surface area contributed by atoms with Crippen LogP contribution >= 0.6 is 0 Å². The molecule has 2 aliphatic heterocycles. The summed E-state index contributed by atoms with van der Waals surface area (Å²) in [5.74, 6) is -1.16.